The molecule has 0 aromatic carbocycles. The van der Waals surface area contributed by atoms with Gasteiger partial charge in [0.25, 0.3) is 0 Å². The fourth-order valence-electron chi connectivity index (χ4n) is 0.663. The van der Waals surface area contributed by atoms with Crippen LogP contribution in [0.15, 0.2) is 0 Å². The van der Waals surface area contributed by atoms with E-state index in [1.165, 1.54) is 0 Å². The molecule has 1 heterocycles. The van der Waals surface area contributed by atoms with Crippen molar-refractivity contribution >= 4 is 6.03 Å². The predicted molar refractivity (Wildman–Crippen MR) is 26.2 cm³/mol. The summed E-state index contributed by atoms with van der Waals surface area (Å²) < 4.78 is 36.2. The normalized spacial score (nSPS) is 23.1. The number of rotatable bonds is 1. The number of nitrogens with zero attached hydrogens (tertiary/aromatic N) is 1. The summed E-state index contributed by atoms with van der Waals surface area (Å²) in [5.74, 6) is 0. The van der Waals surface area contributed by atoms with E-state index in [-0.39, 0.29) is 4.90 Å². The zero-order chi connectivity index (χ0) is 7.78. The number of hydrogen-bond acceptors (Lipinski definition) is 1. The van der Waals surface area contributed by atoms with Crippen LogP contribution in [-0.4, -0.2) is 30.3 Å². The fourth-order valence-corrected chi connectivity index (χ4v) is 0.663. The predicted octanol–water partition coefficient (Wildman–Crippen LogP) is 0.531. The molecule has 1 N–H and O–H groups in total. The number of carbonyl (C=O) groups excluding carboxylic acids is 1. The molecule has 0 atom stereocenters. The number of nitrogens with one attached hydrogen (secondary N) is 1. The molecule has 1 fully saturated rings. The minimum atomic E-state index is -3.37. The number of halogens is 3. The monoisotopic (exact) mass is 154 g/mol. The van der Waals surface area contributed by atoms with Crippen LogP contribution in [-0.2, 0) is 0 Å². The maximum atomic E-state index is 12.3. The smallest absolute Gasteiger partial charge is 0.330 e. The van der Waals surface area contributed by atoms with E-state index in [9.17, 15) is 18.0 Å². The molecule has 0 aliphatic carbocycles. The summed E-state index contributed by atoms with van der Waals surface area (Å²) >= 11 is 0. The van der Waals surface area contributed by atoms with Crippen LogP contribution in [0.25, 0.3) is 0 Å². The van der Waals surface area contributed by atoms with Gasteiger partial charge in [0.05, 0.1) is 0 Å². The lowest BCUT2D eigenvalue weighted by Gasteiger charge is -2.17. The maximum Gasteiger partial charge on any atom is 0.348 e. The topological polar surface area (TPSA) is 32.3 Å². The lowest BCUT2D eigenvalue weighted by atomic mass is 10.5. The highest BCUT2D eigenvalue weighted by molar-refractivity contribution is 5.76. The van der Waals surface area contributed by atoms with E-state index in [2.05, 4.69) is 0 Å². The van der Waals surface area contributed by atoms with Crippen LogP contribution in [0.4, 0.5) is 18.0 Å². The van der Waals surface area contributed by atoms with Gasteiger partial charge in [-0.05, 0) is 0 Å². The summed E-state index contributed by atoms with van der Waals surface area (Å²) in [5, 5.41) is 1.81. The van der Waals surface area contributed by atoms with Gasteiger partial charge in [0, 0.05) is 0 Å². The number of alkyl halides is 3. The van der Waals surface area contributed by atoms with Crippen molar-refractivity contribution in [1.29, 1.82) is 0 Å². The summed E-state index contributed by atoms with van der Waals surface area (Å²) in [6.45, 7) is -2.27. The molecular weight excluding hydrogens is 149 g/mol. The molecule has 0 aromatic rings. The molecule has 1 aliphatic heterocycles. The quantitative estimate of drug-likeness (QED) is 0.549. The summed E-state index contributed by atoms with van der Waals surface area (Å²) in [5.41, 5.74) is 0. The van der Waals surface area contributed by atoms with Crippen molar-refractivity contribution in [2.75, 3.05) is 13.3 Å². The average Bonchev–Trinajstić information content (AvgIpc) is 2.07. The van der Waals surface area contributed by atoms with Gasteiger partial charge in [-0.1, -0.05) is 0 Å². The molecule has 0 spiro atoms. The van der Waals surface area contributed by atoms with Gasteiger partial charge in [-0.15, -0.1) is 0 Å². The van der Waals surface area contributed by atoms with E-state index in [0.717, 1.165) is 0 Å². The van der Waals surface area contributed by atoms with Crippen LogP contribution in [0.5, 0.6) is 0 Å². The van der Waals surface area contributed by atoms with E-state index >= 15 is 0 Å². The second-order valence-corrected chi connectivity index (χ2v) is 1.87. The maximum absolute atomic E-state index is 12.3. The Labute approximate surface area is 54.8 Å². The van der Waals surface area contributed by atoms with Crippen LogP contribution in [0.2, 0.25) is 0 Å². The molecule has 6 heteroatoms. The number of carbonyl (C=O) groups is 1. The van der Waals surface area contributed by atoms with Crippen LogP contribution in [0.3, 0.4) is 0 Å². The molecule has 0 aromatic heterocycles. The third-order valence-electron chi connectivity index (χ3n) is 1.21. The summed E-state index contributed by atoms with van der Waals surface area (Å²) in [6, 6.07) is -4.43. The van der Waals surface area contributed by atoms with Crippen molar-refractivity contribution < 1.29 is 18.0 Å². The number of hydrogen-bond donors (Lipinski definition) is 1. The second kappa shape index (κ2) is 2.03. The molecule has 1 aliphatic rings. The lowest BCUT2D eigenvalue weighted by molar-refractivity contribution is -0.104. The summed E-state index contributed by atoms with van der Waals surface area (Å²) in [7, 11) is 0. The van der Waals surface area contributed by atoms with Crippen LogP contribution in [0, 0.1) is 0 Å². The molecule has 1 saturated heterocycles. The Morgan fingerprint density at radius 1 is 1.70 bits per heavy atom. The van der Waals surface area contributed by atoms with Gasteiger partial charge < -0.3 is 5.32 Å². The molecule has 58 valence electrons. The molecule has 10 heavy (non-hydrogen) atoms. The van der Waals surface area contributed by atoms with Gasteiger partial charge in [0.1, 0.15) is 6.54 Å². The fraction of sp³-hybridized carbons (Fsp3) is 0.750. The van der Waals surface area contributed by atoms with Crippen molar-refractivity contribution in [3.63, 3.8) is 0 Å². The Morgan fingerprint density at radius 2 is 2.30 bits per heavy atom. The Bertz CT molecular complexity index is 161. The SMILES string of the molecule is O=C1NCC(F)(F)N1CF. The van der Waals surface area contributed by atoms with E-state index in [4.69, 9.17) is 0 Å². The van der Waals surface area contributed by atoms with Gasteiger partial charge in [0.15, 0.2) is 6.80 Å². The first kappa shape index (κ1) is 7.17. The van der Waals surface area contributed by atoms with Crippen molar-refractivity contribution in [2.45, 2.75) is 6.05 Å². The van der Waals surface area contributed by atoms with Crippen molar-refractivity contribution in [3.05, 3.63) is 0 Å². The Kier molecular flexibility index (Phi) is 1.46. The Balaban J connectivity index is 2.73. The summed E-state index contributed by atoms with van der Waals surface area (Å²) in [6.07, 6.45) is 0. The molecule has 0 unspecified atom stereocenters. The van der Waals surface area contributed by atoms with Gasteiger partial charge in [-0.3, -0.25) is 0 Å². The first-order valence-corrected chi connectivity index (χ1v) is 2.57. The first-order chi connectivity index (χ1) is 4.58. The van der Waals surface area contributed by atoms with Crippen LogP contribution < -0.4 is 5.32 Å². The molecule has 3 nitrogen and oxygen atoms in total. The van der Waals surface area contributed by atoms with Crippen LogP contribution >= 0.6 is 0 Å². The Morgan fingerprint density at radius 3 is 2.50 bits per heavy atom. The van der Waals surface area contributed by atoms with E-state index in [0.29, 0.717) is 0 Å². The molecular formula is C4H5F3N2O. The van der Waals surface area contributed by atoms with E-state index < -0.39 is 25.4 Å². The third-order valence-corrected chi connectivity index (χ3v) is 1.21. The lowest BCUT2D eigenvalue weighted by Crippen LogP contribution is -2.38. The van der Waals surface area contributed by atoms with Crippen molar-refractivity contribution in [3.8, 4) is 0 Å². The summed E-state index contributed by atoms with van der Waals surface area (Å²) in [4.78, 5) is 10.2. The minimum Gasteiger partial charge on any atom is -0.330 e. The Hall–Kier alpha value is -0.940. The van der Waals surface area contributed by atoms with Crippen molar-refractivity contribution in [2.24, 2.45) is 0 Å². The first-order valence-electron chi connectivity index (χ1n) is 2.57. The van der Waals surface area contributed by atoms with Crippen molar-refractivity contribution in [1.82, 2.24) is 10.2 Å². The minimum absolute atomic E-state index is 0.160. The molecule has 0 radical (unpaired) electrons. The van der Waals surface area contributed by atoms with Gasteiger partial charge in [-0.25, -0.2) is 14.1 Å². The average molecular weight is 154 g/mol. The largest absolute Gasteiger partial charge is 0.348 e. The molecule has 0 bridgehead atoms. The second-order valence-electron chi connectivity index (χ2n) is 1.87. The molecule has 2 amide bonds. The van der Waals surface area contributed by atoms with Gasteiger partial charge in [0.2, 0.25) is 0 Å². The highest BCUT2D eigenvalue weighted by Gasteiger charge is 2.46. The third kappa shape index (κ3) is 0.891. The number of amides is 2. The molecule has 0 saturated carbocycles. The zero-order valence-corrected chi connectivity index (χ0v) is 4.90. The number of urea groups is 1. The zero-order valence-electron chi connectivity index (χ0n) is 4.90. The molecule has 1 rings (SSSR count). The van der Waals surface area contributed by atoms with Crippen LogP contribution in [0.1, 0.15) is 0 Å². The van der Waals surface area contributed by atoms with Gasteiger partial charge >= 0.3 is 12.1 Å². The van der Waals surface area contributed by atoms with E-state index in [1.807, 2.05) is 5.32 Å². The van der Waals surface area contributed by atoms with Gasteiger partial charge in [-0.2, -0.15) is 8.78 Å². The highest BCUT2D eigenvalue weighted by atomic mass is 19.3. The standard InChI is InChI=1S/C4H5F3N2O/c5-2-9-3(10)8-1-4(9,6)7/h1-2H2,(H,8,10). The highest BCUT2D eigenvalue weighted by Crippen LogP contribution is 2.23. The van der Waals surface area contributed by atoms with E-state index in [1.54, 1.807) is 0 Å².